The Bertz CT molecular complexity index is 447. The van der Waals surface area contributed by atoms with Crippen LogP contribution in [0.25, 0.3) is 10.1 Å². The summed E-state index contributed by atoms with van der Waals surface area (Å²) < 4.78 is 3.50. The molecule has 0 aliphatic heterocycles. The summed E-state index contributed by atoms with van der Waals surface area (Å²) >= 11 is 9.97. The first-order valence-corrected chi connectivity index (χ1v) is 6.35. The number of aryl methyl sites for hydroxylation is 1. The van der Waals surface area contributed by atoms with Crippen molar-refractivity contribution in [2.75, 3.05) is 0 Å². The molecule has 68 valence electrons. The van der Waals surface area contributed by atoms with Crippen LogP contribution in [0.4, 0.5) is 0 Å². The third-order valence-corrected chi connectivity index (χ3v) is 4.27. The van der Waals surface area contributed by atoms with E-state index < -0.39 is 0 Å². The zero-order chi connectivity index (χ0) is 9.42. The molecular weight excluding hydrogens is 315 g/mol. The molecule has 0 amide bonds. The van der Waals surface area contributed by atoms with Crippen LogP contribution in [0.15, 0.2) is 18.2 Å². The lowest BCUT2D eigenvalue weighted by Crippen LogP contribution is -1.83. The molecule has 0 spiro atoms. The molecule has 0 fully saturated rings. The summed E-state index contributed by atoms with van der Waals surface area (Å²) in [5, 5.41) is 1.27. The van der Waals surface area contributed by atoms with E-state index in [9.17, 15) is 0 Å². The van der Waals surface area contributed by atoms with E-state index in [-0.39, 0.29) is 0 Å². The van der Waals surface area contributed by atoms with Gasteiger partial charge in [0, 0.05) is 8.27 Å². The summed E-state index contributed by atoms with van der Waals surface area (Å²) in [5.74, 6) is 0. The lowest BCUT2D eigenvalue weighted by Gasteiger charge is -2.00. The molecule has 1 aromatic carbocycles. The second kappa shape index (κ2) is 3.75. The van der Waals surface area contributed by atoms with E-state index in [0.717, 1.165) is 10.8 Å². The highest BCUT2D eigenvalue weighted by molar-refractivity contribution is 14.1. The molecule has 0 atom stereocenters. The zero-order valence-corrected chi connectivity index (χ0v) is 10.8. The maximum Gasteiger partial charge on any atom is 0.0940 e. The number of hydrogen-bond donors (Lipinski definition) is 0. The van der Waals surface area contributed by atoms with Crippen LogP contribution < -0.4 is 0 Å². The monoisotopic (exact) mass is 322 g/mol. The highest BCUT2D eigenvalue weighted by Crippen LogP contribution is 2.32. The van der Waals surface area contributed by atoms with E-state index >= 15 is 0 Å². The van der Waals surface area contributed by atoms with Crippen LogP contribution in [0.2, 0.25) is 4.34 Å². The molecular formula is C10H8ClIS. The quantitative estimate of drug-likeness (QED) is 0.666. The van der Waals surface area contributed by atoms with Crippen molar-refractivity contribution < 1.29 is 0 Å². The molecule has 0 unspecified atom stereocenters. The van der Waals surface area contributed by atoms with Crippen LogP contribution in [-0.4, -0.2) is 0 Å². The van der Waals surface area contributed by atoms with E-state index in [4.69, 9.17) is 11.6 Å². The molecule has 0 aliphatic carbocycles. The van der Waals surface area contributed by atoms with Crippen molar-refractivity contribution in [3.63, 3.8) is 0 Å². The fraction of sp³-hybridized carbons (Fsp3) is 0.200. The summed E-state index contributed by atoms with van der Waals surface area (Å²) in [6, 6.07) is 6.49. The van der Waals surface area contributed by atoms with Crippen LogP contribution in [0.5, 0.6) is 0 Å². The first-order valence-electron chi connectivity index (χ1n) is 4.08. The highest BCUT2D eigenvalue weighted by Gasteiger charge is 2.04. The fourth-order valence-electron chi connectivity index (χ4n) is 1.35. The Labute approximate surface area is 100 Å². The van der Waals surface area contributed by atoms with Crippen molar-refractivity contribution in [3.8, 4) is 0 Å². The van der Waals surface area contributed by atoms with E-state index in [1.807, 2.05) is 6.07 Å². The van der Waals surface area contributed by atoms with Gasteiger partial charge >= 0.3 is 0 Å². The predicted octanol–water partition coefficient (Wildman–Crippen LogP) is 4.72. The van der Waals surface area contributed by atoms with Gasteiger partial charge in [0.15, 0.2) is 0 Å². The van der Waals surface area contributed by atoms with Gasteiger partial charge < -0.3 is 0 Å². The van der Waals surface area contributed by atoms with Crippen molar-refractivity contribution in [1.29, 1.82) is 0 Å². The largest absolute Gasteiger partial charge is 0.123 e. The number of hydrogen-bond acceptors (Lipinski definition) is 1. The van der Waals surface area contributed by atoms with E-state index in [0.29, 0.717) is 0 Å². The topological polar surface area (TPSA) is 0 Å². The minimum Gasteiger partial charge on any atom is -0.123 e. The Morgan fingerprint density at radius 1 is 1.38 bits per heavy atom. The van der Waals surface area contributed by atoms with Gasteiger partial charge in [-0.3, -0.25) is 0 Å². The molecule has 0 aliphatic rings. The number of benzene rings is 1. The maximum atomic E-state index is 5.95. The van der Waals surface area contributed by atoms with Crippen LogP contribution in [0.1, 0.15) is 12.5 Å². The zero-order valence-electron chi connectivity index (χ0n) is 7.10. The molecule has 0 saturated carbocycles. The molecule has 1 aromatic heterocycles. The van der Waals surface area contributed by atoms with Crippen LogP contribution in [-0.2, 0) is 6.42 Å². The minimum atomic E-state index is 0.874. The summed E-state index contributed by atoms with van der Waals surface area (Å²) in [4.78, 5) is 0. The average Bonchev–Trinajstić information content (AvgIpc) is 2.42. The molecule has 2 aromatic rings. The Hall–Kier alpha value is 0.200. The van der Waals surface area contributed by atoms with Crippen molar-refractivity contribution in [2.45, 2.75) is 13.3 Å². The van der Waals surface area contributed by atoms with Gasteiger partial charge in [0.25, 0.3) is 0 Å². The van der Waals surface area contributed by atoms with Gasteiger partial charge in [-0.05, 0) is 58.2 Å². The predicted molar refractivity (Wildman–Crippen MR) is 68.9 cm³/mol. The number of rotatable bonds is 1. The summed E-state index contributed by atoms with van der Waals surface area (Å²) in [7, 11) is 0. The Kier molecular flexibility index (Phi) is 2.81. The van der Waals surface area contributed by atoms with Gasteiger partial charge in [0.05, 0.1) is 4.34 Å². The SMILES string of the molecule is CCc1cc2cc(Cl)sc2cc1I. The first kappa shape index (κ1) is 9.74. The van der Waals surface area contributed by atoms with Gasteiger partial charge in [-0.2, -0.15) is 0 Å². The number of halogens is 2. The van der Waals surface area contributed by atoms with Gasteiger partial charge in [0.2, 0.25) is 0 Å². The van der Waals surface area contributed by atoms with Gasteiger partial charge in [-0.25, -0.2) is 0 Å². The third kappa shape index (κ3) is 1.85. The molecule has 0 radical (unpaired) electrons. The second-order valence-electron chi connectivity index (χ2n) is 2.89. The van der Waals surface area contributed by atoms with Gasteiger partial charge in [0.1, 0.15) is 0 Å². The summed E-state index contributed by atoms with van der Waals surface area (Å²) in [5.41, 5.74) is 1.41. The third-order valence-electron chi connectivity index (χ3n) is 2.04. The maximum absolute atomic E-state index is 5.95. The Balaban J connectivity index is 2.72. The summed E-state index contributed by atoms with van der Waals surface area (Å²) in [6.07, 6.45) is 1.08. The standard InChI is InChI=1S/C10H8ClIS/c1-2-6-3-7-4-10(11)13-9(7)5-8(6)12/h3-5H,2H2,1H3. The smallest absolute Gasteiger partial charge is 0.0940 e. The van der Waals surface area contributed by atoms with E-state index in [1.165, 1.54) is 19.2 Å². The molecule has 0 N–H and O–H groups in total. The summed E-state index contributed by atoms with van der Waals surface area (Å²) in [6.45, 7) is 2.18. The molecule has 1 heterocycles. The Morgan fingerprint density at radius 2 is 2.15 bits per heavy atom. The van der Waals surface area contributed by atoms with E-state index in [2.05, 4.69) is 41.6 Å². The molecule has 0 saturated heterocycles. The average molecular weight is 323 g/mol. The van der Waals surface area contributed by atoms with Crippen LogP contribution >= 0.6 is 45.5 Å². The lowest BCUT2D eigenvalue weighted by molar-refractivity contribution is 1.13. The molecule has 13 heavy (non-hydrogen) atoms. The molecule has 2 rings (SSSR count). The minimum absolute atomic E-state index is 0.874. The molecule has 0 nitrogen and oxygen atoms in total. The number of fused-ring (bicyclic) bond motifs is 1. The van der Waals surface area contributed by atoms with Crippen molar-refractivity contribution in [1.82, 2.24) is 0 Å². The van der Waals surface area contributed by atoms with Crippen molar-refractivity contribution in [3.05, 3.63) is 31.7 Å². The van der Waals surface area contributed by atoms with Gasteiger partial charge in [-0.1, -0.05) is 18.5 Å². The van der Waals surface area contributed by atoms with Crippen molar-refractivity contribution >= 4 is 55.6 Å². The normalized spacial score (nSPS) is 11.0. The van der Waals surface area contributed by atoms with Crippen LogP contribution in [0, 0.1) is 3.57 Å². The highest BCUT2D eigenvalue weighted by atomic mass is 127. The first-order chi connectivity index (χ1) is 6.20. The molecule has 0 bridgehead atoms. The lowest BCUT2D eigenvalue weighted by atomic mass is 10.1. The van der Waals surface area contributed by atoms with Gasteiger partial charge in [-0.15, -0.1) is 11.3 Å². The second-order valence-corrected chi connectivity index (χ2v) is 5.76. The number of thiophene rings is 1. The fourth-order valence-corrected chi connectivity index (χ4v) is 3.58. The van der Waals surface area contributed by atoms with E-state index in [1.54, 1.807) is 11.3 Å². The van der Waals surface area contributed by atoms with Crippen LogP contribution in [0.3, 0.4) is 0 Å². The van der Waals surface area contributed by atoms with Crippen molar-refractivity contribution in [2.24, 2.45) is 0 Å². The molecule has 3 heteroatoms. The Morgan fingerprint density at radius 3 is 2.85 bits per heavy atom.